The van der Waals surface area contributed by atoms with Crippen molar-refractivity contribution in [3.63, 3.8) is 0 Å². The molecule has 288 valence electrons. The molecule has 0 saturated carbocycles. The molecule has 2 aliphatic rings. The maximum Gasteiger partial charge on any atom is 0.316 e. The summed E-state index contributed by atoms with van der Waals surface area (Å²) in [7, 11) is -3.30. The molecular weight excluding hydrogens is 705 g/mol. The zero-order valence-corrected chi connectivity index (χ0v) is 29.0. The van der Waals surface area contributed by atoms with E-state index in [9.17, 15) is 34.3 Å². The van der Waals surface area contributed by atoms with Crippen LogP contribution in [0.25, 0.3) is 11.2 Å². The monoisotopic (exact) mass is 751 g/mol. The standard InChI is InChI=1S/C28H46N7O15P/c1-14-20(38)22(40)18(32-15(2)36)27(49-14)46-7-4-3-5-17(37)30-6-8-44-9-10-45-13-47-23-21(39)16(11-48-51(42)43)50-26(23)35-12-31-19-24(35)33-28(29)34-25(19)41/h12,14,16,18,20-23,26-27,38-40,51H,3-11,13H2,1-2H3,(H,30,37)(H,32,36)(H,42,43)(H3,29,33,34,41)/t14-,16+,18-,20+,21+,22-,23+,26+,27-/m0/s1. The Balaban J connectivity index is 1.10. The minimum absolute atomic E-state index is 0.0284. The average Bonchev–Trinajstić information content (AvgIpc) is 3.63. The number of fused-ring (bicyclic) bond motifs is 1. The number of nitrogen functional groups attached to an aromatic ring is 1. The van der Waals surface area contributed by atoms with Gasteiger partial charge in [-0.05, 0) is 19.8 Å². The van der Waals surface area contributed by atoms with E-state index in [1.54, 1.807) is 6.92 Å². The summed E-state index contributed by atoms with van der Waals surface area (Å²) in [6.45, 7) is 3.10. The number of carbonyl (C=O) groups is 2. The summed E-state index contributed by atoms with van der Waals surface area (Å²) in [5.74, 6) is -0.756. The van der Waals surface area contributed by atoms with Gasteiger partial charge in [0.2, 0.25) is 17.8 Å². The Bertz CT molecular complexity index is 1510. The van der Waals surface area contributed by atoms with Crippen LogP contribution >= 0.6 is 8.25 Å². The topological polar surface area (TPSA) is 310 Å². The lowest BCUT2D eigenvalue weighted by molar-refractivity contribution is -0.260. The molecule has 51 heavy (non-hydrogen) atoms. The van der Waals surface area contributed by atoms with Gasteiger partial charge in [0.1, 0.15) is 43.4 Å². The minimum Gasteiger partial charge on any atom is -0.388 e. The van der Waals surface area contributed by atoms with Crippen LogP contribution in [-0.4, -0.2) is 147 Å². The molecule has 0 spiro atoms. The van der Waals surface area contributed by atoms with Gasteiger partial charge in [-0.2, -0.15) is 4.98 Å². The van der Waals surface area contributed by atoms with E-state index in [0.717, 1.165) is 0 Å². The van der Waals surface area contributed by atoms with Crippen molar-refractivity contribution >= 4 is 37.2 Å². The molecule has 0 aliphatic carbocycles. The number of unbranched alkanes of at least 4 members (excludes halogenated alkanes) is 1. The van der Waals surface area contributed by atoms with Gasteiger partial charge in [-0.25, -0.2) is 4.98 Å². The molecule has 2 aliphatic heterocycles. The molecule has 0 radical (unpaired) electrons. The lowest BCUT2D eigenvalue weighted by atomic mass is 9.97. The maximum absolute atomic E-state index is 12.2. The van der Waals surface area contributed by atoms with Crippen LogP contribution in [0.5, 0.6) is 0 Å². The number of ether oxygens (including phenoxy) is 6. The third-order valence-electron chi connectivity index (χ3n) is 7.98. The lowest BCUT2D eigenvalue weighted by Crippen LogP contribution is -2.63. The van der Waals surface area contributed by atoms with Crippen molar-refractivity contribution < 1.29 is 67.3 Å². The minimum atomic E-state index is -3.30. The van der Waals surface area contributed by atoms with Crippen LogP contribution in [-0.2, 0) is 47.1 Å². The number of amides is 2. The Labute approximate surface area is 291 Å². The molecular formula is C28H46N7O15P. The van der Waals surface area contributed by atoms with Gasteiger partial charge < -0.3 is 69.5 Å². The third-order valence-corrected chi connectivity index (χ3v) is 8.40. The van der Waals surface area contributed by atoms with Crippen LogP contribution in [0.15, 0.2) is 11.1 Å². The summed E-state index contributed by atoms with van der Waals surface area (Å²) in [6.07, 6.45) is -6.11. The summed E-state index contributed by atoms with van der Waals surface area (Å²) >= 11 is 0. The number of hydrogen-bond donors (Lipinski definition) is 8. The van der Waals surface area contributed by atoms with Crippen molar-refractivity contribution in [2.24, 2.45) is 0 Å². The van der Waals surface area contributed by atoms with E-state index in [-0.39, 0.29) is 69.2 Å². The first-order chi connectivity index (χ1) is 24.4. The van der Waals surface area contributed by atoms with Crippen molar-refractivity contribution in [2.45, 2.75) is 88.3 Å². The molecule has 22 nitrogen and oxygen atoms in total. The van der Waals surface area contributed by atoms with E-state index >= 15 is 0 Å². The van der Waals surface area contributed by atoms with Gasteiger partial charge in [0.15, 0.2) is 23.7 Å². The van der Waals surface area contributed by atoms with E-state index in [1.165, 1.54) is 17.8 Å². The Morgan fingerprint density at radius 2 is 1.84 bits per heavy atom. The Morgan fingerprint density at radius 1 is 1.08 bits per heavy atom. The van der Waals surface area contributed by atoms with Crippen molar-refractivity contribution in [3.8, 4) is 0 Å². The normalized spacial score (nSPS) is 28.5. The highest BCUT2D eigenvalue weighted by atomic mass is 31.1. The van der Waals surface area contributed by atoms with Crippen LogP contribution in [0, 0.1) is 0 Å². The Hall–Kier alpha value is -3.12. The van der Waals surface area contributed by atoms with Gasteiger partial charge in [0, 0.05) is 26.5 Å². The number of hydrogen-bond acceptors (Lipinski definition) is 17. The molecule has 9 N–H and O–H groups in total. The predicted octanol–water partition coefficient (Wildman–Crippen LogP) is -2.99. The second-order valence-electron chi connectivity index (χ2n) is 11.8. The van der Waals surface area contributed by atoms with E-state index < -0.39 is 81.5 Å². The fourth-order valence-corrected chi connectivity index (χ4v) is 5.75. The van der Waals surface area contributed by atoms with Crippen LogP contribution in [0.1, 0.15) is 39.3 Å². The quantitative estimate of drug-likeness (QED) is 0.0380. The van der Waals surface area contributed by atoms with Gasteiger partial charge in [0.25, 0.3) is 5.56 Å². The number of anilines is 1. The van der Waals surface area contributed by atoms with E-state index in [4.69, 9.17) is 43.6 Å². The van der Waals surface area contributed by atoms with Crippen LogP contribution in [0.3, 0.4) is 0 Å². The molecule has 2 saturated heterocycles. The molecule has 4 heterocycles. The highest BCUT2D eigenvalue weighted by Crippen LogP contribution is 2.34. The van der Waals surface area contributed by atoms with Gasteiger partial charge in [0.05, 0.1) is 38.9 Å². The first kappa shape index (κ1) is 40.6. The first-order valence-electron chi connectivity index (χ1n) is 16.2. The van der Waals surface area contributed by atoms with Crippen LogP contribution in [0.2, 0.25) is 0 Å². The number of aliphatic hydroxyl groups excluding tert-OH is 3. The number of aliphatic hydroxyl groups is 3. The van der Waals surface area contributed by atoms with E-state index in [0.29, 0.717) is 12.8 Å². The number of nitrogens with two attached hydrogens (primary N) is 1. The number of rotatable bonds is 20. The molecule has 2 fully saturated rings. The predicted molar refractivity (Wildman–Crippen MR) is 173 cm³/mol. The molecule has 4 rings (SSSR count). The zero-order valence-electron chi connectivity index (χ0n) is 28.0. The number of aromatic nitrogens is 4. The largest absolute Gasteiger partial charge is 0.388 e. The second-order valence-corrected chi connectivity index (χ2v) is 12.6. The van der Waals surface area contributed by atoms with Crippen molar-refractivity contribution in [1.29, 1.82) is 0 Å². The number of imidazole rings is 1. The maximum atomic E-state index is 12.2. The van der Waals surface area contributed by atoms with Crippen molar-refractivity contribution in [3.05, 3.63) is 16.7 Å². The van der Waals surface area contributed by atoms with Crippen molar-refractivity contribution in [2.75, 3.05) is 52.1 Å². The molecule has 2 aromatic rings. The zero-order chi connectivity index (χ0) is 37.1. The summed E-state index contributed by atoms with van der Waals surface area (Å²) in [5, 5.41) is 36.5. The average molecular weight is 752 g/mol. The lowest BCUT2D eigenvalue weighted by Gasteiger charge is -2.41. The molecule has 0 aromatic carbocycles. The van der Waals surface area contributed by atoms with Gasteiger partial charge >= 0.3 is 8.25 Å². The van der Waals surface area contributed by atoms with Crippen molar-refractivity contribution in [1.82, 2.24) is 30.2 Å². The van der Waals surface area contributed by atoms with Gasteiger partial charge in [-0.1, -0.05) is 0 Å². The smallest absolute Gasteiger partial charge is 0.316 e. The SMILES string of the molecule is CC(=O)N[C@@H]1[C@@H](OCCCCC(=O)NCCOCCOCO[C@@H]2[C@H](O)[C@@H](CO[PH](=O)O)O[C@H]2n2cnc3c(=O)[nH]c(N)nc32)O[C@@H](C)[C@@H](O)[C@H]1O. The Morgan fingerprint density at radius 3 is 2.59 bits per heavy atom. The van der Waals surface area contributed by atoms with Gasteiger partial charge in [-0.3, -0.25) is 28.5 Å². The molecule has 2 amide bonds. The Kier molecular flexibility index (Phi) is 15.7. The number of H-pyrrole nitrogens is 1. The van der Waals surface area contributed by atoms with Gasteiger partial charge in [-0.15, -0.1) is 0 Å². The van der Waals surface area contributed by atoms with Crippen LogP contribution in [0.4, 0.5) is 5.95 Å². The number of aromatic amines is 1. The fraction of sp³-hybridized carbons (Fsp3) is 0.750. The summed E-state index contributed by atoms with van der Waals surface area (Å²) in [4.78, 5) is 55.4. The summed E-state index contributed by atoms with van der Waals surface area (Å²) in [6, 6.07) is -0.930. The summed E-state index contributed by atoms with van der Waals surface area (Å²) in [5.41, 5.74) is 5.13. The number of nitrogens with one attached hydrogen (secondary N) is 3. The molecule has 10 atom stereocenters. The fourth-order valence-electron chi connectivity index (χ4n) is 5.45. The molecule has 23 heteroatoms. The first-order valence-corrected chi connectivity index (χ1v) is 17.5. The highest BCUT2D eigenvalue weighted by Gasteiger charge is 2.47. The highest BCUT2D eigenvalue weighted by molar-refractivity contribution is 7.32. The molecule has 0 bridgehead atoms. The molecule has 2 aromatic heterocycles. The van der Waals surface area contributed by atoms with Crippen LogP contribution < -0.4 is 21.9 Å². The second kappa shape index (κ2) is 19.6. The molecule has 1 unspecified atom stereocenters. The third kappa shape index (κ3) is 11.4. The number of carbonyl (C=O) groups excluding carboxylic acids is 2. The van der Waals surface area contributed by atoms with E-state index in [1.807, 2.05) is 0 Å². The number of nitrogens with zero attached hydrogens (tertiary/aromatic N) is 3. The summed E-state index contributed by atoms with van der Waals surface area (Å²) < 4.78 is 50.9. The van der Waals surface area contributed by atoms with E-state index in [2.05, 4.69) is 25.6 Å².